The number of carbonyl (C=O) groups is 1. The van der Waals surface area contributed by atoms with Crippen molar-refractivity contribution < 1.29 is 13.9 Å². The zero-order valence-electron chi connectivity index (χ0n) is 15.9. The van der Waals surface area contributed by atoms with Crippen molar-refractivity contribution >= 4 is 5.91 Å². The Morgan fingerprint density at radius 2 is 2.12 bits per heavy atom. The van der Waals surface area contributed by atoms with Gasteiger partial charge in [-0.3, -0.25) is 4.79 Å². The quantitative estimate of drug-likeness (QED) is 0.729. The molecule has 0 N–H and O–H groups in total. The molecule has 1 aliphatic rings. The maximum absolute atomic E-state index is 12.4. The second kappa shape index (κ2) is 7.73. The molecule has 24 heavy (non-hydrogen) atoms. The van der Waals surface area contributed by atoms with Crippen LogP contribution in [0.3, 0.4) is 0 Å². The van der Waals surface area contributed by atoms with Gasteiger partial charge in [0.2, 0.25) is 5.91 Å². The molecule has 1 amide bonds. The van der Waals surface area contributed by atoms with E-state index in [2.05, 4.69) is 27.7 Å². The van der Waals surface area contributed by atoms with E-state index in [1.807, 2.05) is 24.0 Å². The number of rotatable bonds is 7. The van der Waals surface area contributed by atoms with Gasteiger partial charge in [-0.2, -0.15) is 0 Å². The van der Waals surface area contributed by atoms with Crippen LogP contribution >= 0.6 is 0 Å². The summed E-state index contributed by atoms with van der Waals surface area (Å²) < 4.78 is 11.4. The first-order valence-electron chi connectivity index (χ1n) is 9.22. The van der Waals surface area contributed by atoms with Gasteiger partial charge in [-0.05, 0) is 56.6 Å². The highest BCUT2D eigenvalue weighted by Crippen LogP contribution is 2.47. The molecular formula is C20H33NO3. The smallest absolute Gasteiger partial charge is 0.222 e. The van der Waals surface area contributed by atoms with E-state index in [1.165, 1.54) is 0 Å². The molecule has 0 aliphatic carbocycles. The van der Waals surface area contributed by atoms with Crippen molar-refractivity contribution in [3.05, 3.63) is 24.2 Å². The largest absolute Gasteiger partial charge is 0.467 e. The zero-order valence-corrected chi connectivity index (χ0v) is 15.9. The molecule has 0 spiro atoms. The first-order chi connectivity index (χ1) is 11.3. The van der Waals surface area contributed by atoms with Gasteiger partial charge in [0.25, 0.3) is 0 Å². The van der Waals surface area contributed by atoms with Crippen molar-refractivity contribution in [1.29, 1.82) is 0 Å². The molecule has 0 bridgehead atoms. The highest BCUT2D eigenvalue weighted by molar-refractivity contribution is 5.75. The Kier molecular flexibility index (Phi) is 6.13. The number of carbonyl (C=O) groups excluding carboxylic acids is 1. The maximum Gasteiger partial charge on any atom is 0.222 e. The lowest BCUT2D eigenvalue weighted by Gasteiger charge is -2.48. The molecule has 1 aromatic rings. The van der Waals surface area contributed by atoms with Gasteiger partial charge in [0.15, 0.2) is 0 Å². The van der Waals surface area contributed by atoms with E-state index < -0.39 is 0 Å². The number of hydrogen-bond donors (Lipinski definition) is 0. The average molecular weight is 335 g/mol. The molecule has 0 unspecified atom stereocenters. The van der Waals surface area contributed by atoms with Crippen LogP contribution in [-0.2, 0) is 16.1 Å². The Morgan fingerprint density at radius 1 is 1.38 bits per heavy atom. The van der Waals surface area contributed by atoms with Gasteiger partial charge in [-0.25, -0.2) is 0 Å². The number of ether oxygens (including phenoxy) is 1. The predicted molar refractivity (Wildman–Crippen MR) is 95.6 cm³/mol. The first kappa shape index (κ1) is 19.0. The first-order valence-corrected chi connectivity index (χ1v) is 9.22. The monoisotopic (exact) mass is 335 g/mol. The normalized spacial score (nSPS) is 23.4. The Bertz CT molecular complexity index is 521. The van der Waals surface area contributed by atoms with Gasteiger partial charge >= 0.3 is 0 Å². The van der Waals surface area contributed by atoms with Gasteiger partial charge in [-0.15, -0.1) is 0 Å². The fourth-order valence-corrected chi connectivity index (χ4v) is 3.98. The van der Waals surface area contributed by atoms with E-state index in [9.17, 15) is 4.79 Å². The molecule has 136 valence electrons. The van der Waals surface area contributed by atoms with Crippen LogP contribution in [0, 0.1) is 11.3 Å². The van der Waals surface area contributed by atoms with Crippen LogP contribution in [0.1, 0.15) is 66.1 Å². The number of hydrogen-bond acceptors (Lipinski definition) is 3. The van der Waals surface area contributed by atoms with E-state index in [4.69, 9.17) is 9.15 Å². The molecule has 0 aromatic carbocycles. The van der Waals surface area contributed by atoms with E-state index in [0.29, 0.717) is 18.9 Å². The Labute approximate surface area is 146 Å². The van der Waals surface area contributed by atoms with Crippen molar-refractivity contribution in [2.24, 2.45) is 11.3 Å². The Hall–Kier alpha value is -1.29. The average Bonchev–Trinajstić information content (AvgIpc) is 3.02. The van der Waals surface area contributed by atoms with Gasteiger partial charge < -0.3 is 14.1 Å². The molecule has 2 heterocycles. The van der Waals surface area contributed by atoms with Crippen LogP contribution in [0.25, 0.3) is 0 Å². The van der Waals surface area contributed by atoms with Crippen molar-refractivity contribution in [1.82, 2.24) is 4.90 Å². The van der Waals surface area contributed by atoms with Crippen molar-refractivity contribution in [2.45, 2.75) is 72.4 Å². The summed E-state index contributed by atoms with van der Waals surface area (Å²) in [6.45, 7) is 13.1. The summed E-state index contributed by atoms with van der Waals surface area (Å²) in [7, 11) is 0. The molecule has 2 rings (SSSR count). The van der Waals surface area contributed by atoms with Gasteiger partial charge in [0.1, 0.15) is 5.76 Å². The number of amides is 1. The molecule has 0 radical (unpaired) electrons. The minimum Gasteiger partial charge on any atom is -0.467 e. The van der Waals surface area contributed by atoms with Crippen LogP contribution in [-0.4, -0.2) is 29.6 Å². The third kappa shape index (κ3) is 4.62. The fourth-order valence-electron chi connectivity index (χ4n) is 3.98. The zero-order chi connectivity index (χ0) is 17.8. The summed E-state index contributed by atoms with van der Waals surface area (Å²) in [6.07, 6.45) is 5.34. The second-order valence-corrected chi connectivity index (χ2v) is 8.05. The van der Waals surface area contributed by atoms with Crippen LogP contribution in [0.15, 0.2) is 22.8 Å². The molecule has 1 aliphatic heterocycles. The predicted octanol–water partition coefficient (Wildman–Crippen LogP) is 4.64. The lowest BCUT2D eigenvalue weighted by Crippen LogP contribution is -2.46. The summed E-state index contributed by atoms with van der Waals surface area (Å²) in [5.41, 5.74) is 0.153. The second-order valence-electron chi connectivity index (χ2n) is 8.05. The SMILES string of the molecule is CCC(=O)N(CC[C@@]1(C(C)C)CCOC(C)(C)C1)Cc1ccco1. The highest BCUT2D eigenvalue weighted by Gasteiger charge is 2.43. The minimum absolute atomic E-state index is 0.0802. The van der Waals surface area contributed by atoms with Crippen LogP contribution in [0.2, 0.25) is 0 Å². The summed E-state index contributed by atoms with van der Waals surface area (Å²) in [6, 6.07) is 3.81. The summed E-state index contributed by atoms with van der Waals surface area (Å²) in [4.78, 5) is 14.3. The molecule has 1 saturated heterocycles. The molecule has 4 heteroatoms. The van der Waals surface area contributed by atoms with Crippen molar-refractivity contribution in [2.75, 3.05) is 13.2 Å². The van der Waals surface area contributed by atoms with Gasteiger partial charge in [0, 0.05) is 19.6 Å². The lowest BCUT2D eigenvalue weighted by molar-refractivity contribution is -0.136. The topological polar surface area (TPSA) is 42.7 Å². The lowest BCUT2D eigenvalue weighted by atomic mass is 9.65. The third-order valence-electron chi connectivity index (χ3n) is 5.56. The van der Waals surface area contributed by atoms with E-state index in [1.54, 1.807) is 6.26 Å². The maximum atomic E-state index is 12.4. The molecule has 4 nitrogen and oxygen atoms in total. The van der Waals surface area contributed by atoms with E-state index in [0.717, 1.165) is 38.2 Å². The molecule has 0 saturated carbocycles. The Morgan fingerprint density at radius 3 is 2.67 bits per heavy atom. The van der Waals surface area contributed by atoms with Crippen LogP contribution in [0.4, 0.5) is 0 Å². The molecule has 1 aromatic heterocycles. The summed E-state index contributed by atoms with van der Waals surface area (Å²) in [5.74, 6) is 1.61. The molecule has 1 fully saturated rings. The number of furan rings is 1. The van der Waals surface area contributed by atoms with Crippen molar-refractivity contribution in [3.8, 4) is 0 Å². The standard InChI is InChI=1S/C20H33NO3/c1-6-18(22)21(14-17-8-7-12-23-17)11-9-20(16(2)3)10-13-24-19(4,5)15-20/h7-8,12,16H,6,9-11,13-15H2,1-5H3/t20-/m1/s1. The molecular weight excluding hydrogens is 302 g/mol. The van der Waals surface area contributed by atoms with E-state index in [-0.39, 0.29) is 16.9 Å². The highest BCUT2D eigenvalue weighted by atomic mass is 16.5. The third-order valence-corrected chi connectivity index (χ3v) is 5.56. The summed E-state index contributed by atoms with van der Waals surface area (Å²) in [5, 5.41) is 0. The van der Waals surface area contributed by atoms with Crippen LogP contribution in [0.5, 0.6) is 0 Å². The fraction of sp³-hybridized carbons (Fsp3) is 0.750. The van der Waals surface area contributed by atoms with Gasteiger partial charge in [-0.1, -0.05) is 20.8 Å². The van der Waals surface area contributed by atoms with Crippen molar-refractivity contribution in [3.63, 3.8) is 0 Å². The Balaban J connectivity index is 2.08. The van der Waals surface area contributed by atoms with E-state index >= 15 is 0 Å². The van der Waals surface area contributed by atoms with Gasteiger partial charge in [0.05, 0.1) is 18.4 Å². The summed E-state index contributed by atoms with van der Waals surface area (Å²) >= 11 is 0. The molecule has 1 atom stereocenters. The minimum atomic E-state index is -0.0802. The number of nitrogens with zero attached hydrogens (tertiary/aromatic N) is 1. The van der Waals surface area contributed by atoms with Crippen LogP contribution < -0.4 is 0 Å².